The van der Waals surface area contributed by atoms with Gasteiger partial charge in [0, 0.05) is 11.4 Å². The molecule has 1 aliphatic rings. The molecule has 0 bridgehead atoms. The minimum absolute atomic E-state index is 0.0232. The Balaban J connectivity index is 2.18. The fraction of sp³-hybridized carbons (Fsp3) is 0.444. The van der Waals surface area contributed by atoms with Crippen molar-refractivity contribution in [3.8, 4) is 0 Å². The summed E-state index contributed by atoms with van der Waals surface area (Å²) < 4.78 is 1.07. The number of aliphatic hydroxyl groups excluding tert-OH is 1. The zero-order valence-electron chi connectivity index (χ0n) is 7.85. The van der Waals surface area contributed by atoms with Gasteiger partial charge in [0.25, 0.3) is 0 Å². The van der Waals surface area contributed by atoms with E-state index in [0.717, 1.165) is 8.66 Å². The molecule has 1 aromatic heterocycles. The van der Waals surface area contributed by atoms with Gasteiger partial charge in [0.15, 0.2) is 0 Å². The highest BCUT2D eigenvalue weighted by atomic mass is 79.9. The first-order chi connectivity index (χ1) is 7.22. The van der Waals surface area contributed by atoms with Gasteiger partial charge in [-0.25, -0.2) is 0 Å². The number of halogens is 1. The summed E-state index contributed by atoms with van der Waals surface area (Å²) in [4.78, 5) is 14.4. The van der Waals surface area contributed by atoms with Crippen molar-refractivity contribution < 1.29 is 9.90 Å². The Hall–Kier alpha value is -0.0400. The number of β-amino-alcohol motifs (C(OH)–C–C–N with tert-alkyl or cyclic N) is 1. The van der Waals surface area contributed by atoms with Gasteiger partial charge in [-0.3, -0.25) is 4.79 Å². The standard InChI is InChI=1S/C9H10BrNO2S2/c10-7-2-1-6(15-7)9-11(3-4-12)8(13)5-14-9/h1-2,9,12H,3-5H2. The molecule has 0 aliphatic carbocycles. The van der Waals surface area contributed by atoms with Crippen LogP contribution in [0.1, 0.15) is 10.3 Å². The lowest BCUT2D eigenvalue weighted by Gasteiger charge is -2.21. The maximum Gasteiger partial charge on any atom is 0.233 e. The maximum atomic E-state index is 11.5. The Morgan fingerprint density at radius 2 is 2.40 bits per heavy atom. The first kappa shape index (κ1) is 11.4. The summed E-state index contributed by atoms with van der Waals surface area (Å²) >= 11 is 6.67. The summed E-state index contributed by atoms with van der Waals surface area (Å²) in [5, 5.41) is 8.99. The molecule has 0 aromatic carbocycles. The molecule has 1 saturated heterocycles. The van der Waals surface area contributed by atoms with Crippen molar-refractivity contribution in [2.75, 3.05) is 18.9 Å². The zero-order chi connectivity index (χ0) is 10.8. The first-order valence-electron chi connectivity index (χ1n) is 4.49. The summed E-state index contributed by atoms with van der Waals surface area (Å²) in [6.45, 7) is 0.446. The number of amides is 1. The van der Waals surface area contributed by atoms with E-state index in [-0.39, 0.29) is 17.9 Å². The quantitative estimate of drug-likeness (QED) is 0.929. The Kier molecular flexibility index (Phi) is 3.71. The van der Waals surface area contributed by atoms with Crippen molar-refractivity contribution in [3.63, 3.8) is 0 Å². The molecule has 1 N–H and O–H groups in total. The molecule has 0 spiro atoms. The van der Waals surface area contributed by atoms with Crippen molar-refractivity contribution in [2.24, 2.45) is 0 Å². The molecule has 6 heteroatoms. The fourth-order valence-electron chi connectivity index (χ4n) is 1.50. The van der Waals surface area contributed by atoms with Crippen LogP contribution in [0.15, 0.2) is 15.9 Å². The maximum absolute atomic E-state index is 11.5. The molecule has 3 nitrogen and oxygen atoms in total. The van der Waals surface area contributed by atoms with Crippen LogP contribution in [-0.2, 0) is 4.79 Å². The van der Waals surface area contributed by atoms with E-state index >= 15 is 0 Å². The predicted molar refractivity (Wildman–Crippen MR) is 66.0 cm³/mol. The van der Waals surface area contributed by atoms with Crippen LogP contribution < -0.4 is 0 Å². The minimum atomic E-state index is 0.0232. The zero-order valence-corrected chi connectivity index (χ0v) is 11.1. The third-order valence-electron chi connectivity index (χ3n) is 2.15. The Morgan fingerprint density at radius 1 is 1.60 bits per heavy atom. The number of thiophene rings is 1. The SMILES string of the molecule is O=C1CSC(c2ccc(Br)s2)N1CCO. The van der Waals surface area contributed by atoms with E-state index in [1.807, 2.05) is 12.1 Å². The highest BCUT2D eigenvalue weighted by molar-refractivity contribution is 9.11. The molecule has 82 valence electrons. The smallest absolute Gasteiger partial charge is 0.233 e. The molecule has 1 amide bonds. The number of thioether (sulfide) groups is 1. The van der Waals surface area contributed by atoms with E-state index in [2.05, 4.69) is 15.9 Å². The van der Waals surface area contributed by atoms with Crippen LogP contribution >= 0.6 is 39.0 Å². The molecule has 1 fully saturated rings. The molecular weight excluding hydrogens is 298 g/mol. The lowest BCUT2D eigenvalue weighted by Crippen LogP contribution is -2.30. The van der Waals surface area contributed by atoms with E-state index < -0.39 is 0 Å². The van der Waals surface area contributed by atoms with Crippen LogP contribution in [-0.4, -0.2) is 34.8 Å². The largest absolute Gasteiger partial charge is 0.395 e. The lowest BCUT2D eigenvalue weighted by atomic mass is 10.4. The molecule has 0 radical (unpaired) electrons. The van der Waals surface area contributed by atoms with Gasteiger partial charge >= 0.3 is 0 Å². The summed E-state index contributed by atoms with van der Waals surface area (Å²) in [6.07, 6.45) is 0. The highest BCUT2D eigenvalue weighted by Gasteiger charge is 2.32. The van der Waals surface area contributed by atoms with E-state index in [4.69, 9.17) is 5.11 Å². The second-order valence-corrected chi connectivity index (χ2v) is 6.68. The first-order valence-corrected chi connectivity index (χ1v) is 7.15. The Labute approximate surface area is 105 Å². The summed E-state index contributed by atoms with van der Waals surface area (Å²) in [5.74, 6) is 0.628. The predicted octanol–water partition coefficient (Wildman–Crippen LogP) is 2.08. The van der Waals surface area contributed by atoms with Gasteiger partial charge in [0.2, 0.25) is 5.91 Å². The van der Waals surface area contributed by atoms with Crippen LogP contribution in [0.2, 0.25) is 0 Å². The number of carbonyl (C=O) groups excluding carboxylic acids is 1. The molecule has 1 atom stereocenters. The average molecular weight is 308 g/mol. The van der Waals surface area contributed by atoms with Crippen LogP contribution in [0.25, 0.3) is 0 Å². The van der Waals surface area contributed by atoms with Gasteiger partial charge in [-0.2, -0.15) is 0 Å². The van der Waals surface area contributed by atoms with Crippen molar-refractivity contribution in [3.05, 3.63) is 20.8 Å². The van der Waals surface area contributed by atoms with E-state index in [1.165, 1.54) is 0 Å². The van der Waals surface area contributed by atoms with Gasteiger partial charge in [-0.1, -0.05) is 0 Å². The molecule has 1 unspecified atom stereocenters. The number of aliphatic hydroxyl groups is 1. The fourth-order valence-corrected chi connectivity index (χ4v) is 4.38. The topological polar surface area (TPSA) is 40.5 Å². The van der Waals surface area contributed by atoms with E-state index in [9.17, 15) is 4.79 Å². The van der Waals surface area contributed by atoms with E-state index in [0.29, 0.717) is 12.3 Å². The summed E-state index contributed by atoms with van der Waals surface area (Å²) in [7, 11) is 0. The normalized spacial score (nSPS) is 21.3. The number of rotatable bonds is 3. The molecule has 0 saturated carbocycles. The van der Waals surface area contributed by atoms with Crippen molar-refractivity contribution >= 4 is 44.9 Å². The number of hydrogen-bond acceptors (Lipinski definition) is 4. The van der Waals surface area contributed by atoms with Crippen molar-refractivity contribution in [2.45, 2.75) is 5.37 Å². The summed E-state index contributed by atoms with van der Waals surface area (Å²) in [5.41, 5.74) is 0. The van der Waals surface area contributed by atoms with Crippen LogP contribution in [0.5, 0.6) is 0 Å². The van der Waals surface area contributed by atoms with E-state index in [1.54, 1.807) is 28.0 Å². The van der Waals surface area contributed by atoms with Crippen LogP contribution in [0, 0.1) is 0 Å². The molecular formula is C9H10BrNO2S2. The number of hydrogen-bond donors (Lipinski definition) is 1. The van der Waals surface area contributed by atoms with Crippen molar-refractivity contribution in [1.82, 2.24) is 4.90 Å². The lowest BCUT2D eigenvalue weighted by molar-refractivity contribution is -0.128. The van der Waals surface area contributed by atoms with Crippen molar-refractivity contribution in [1.29, 1.82) is 0 Å². The minimum Gasteiger partial charge on any atom is -0.395 e. The number of nitrogens with zero attached hydrogens (tertiary/aromatic N) is 1. The monoisotopic (exact) mass is 307 g/mol. The third kappa shape index (κ3) is 2.38. The number of carbonyl (C=O) groups is 1. The van der Waals surface area contributed by atoms with Crippen LogP contribution in [0.4, 0.5) is 0 Å². The third-order valence-corrected chi connectivity index (χ3v) is 5.21. The van der Waals surface area contributed by atoms with Gasteiger partial charge in [0.1, 0.15) is 5.37 Å². The highest BCUT2D eigenvalue weighted by Crippen LogP contribution is 2.42. The van der Waals surface area contributed by atoms with Gasteiger partial charge in [-0.05, 0) is 28.1 Å². The van der Waals surface area contributed by atoms with Gasteiger partial charge < -0.3 is 10.0 Å². The Bertz CT molecular complexity index is 369. The molecule has 2 rings (SSSR count). The average Bonchev–Trinajstić information content (AvgIpc) is 2.76. The molecule has 1 aliphatic heterocycles. The van der Waals surface area contributed by atoms with Gasteiger partial charge in [-0.15, -0.1) is 23.1 Å². The molecule has 1 aromatic rings. The second-order valence-electron chi connectivity index (χ2n) is 3.12. The molecule has 15 heavy (non-hydrogen) atoms. The second kappa shape index (κ2) is 4.86. The van der Waals surface area contributed by atoms with Crippen LogP contribution in [0.3, 0.4) is 0 Å². The summed E-state index contributed by atoms with van der Waals surface area (Å²) in [6, 6.07) is 4.01. The molecule has 2 heterocycles. The van der Waals surface area contributed by atoms with Gasteiger partial charge in [0.05, 0.1) is 16.1 Å². The Morgan fingerprint density at radius 3 is 3.00 bits per heavy atom.